The Morgan fingerprint density at radius 3 is 2.38 bits per heavy atom. The van der Waals surface area contributed by atoms with E-state index in [1.807, 2.05) is 30.3 Å². The molecule has 24 heavy (non-hydrogen) atoms. The van der Waals surface area contributed by atoms with Crippen molar-refractivity contribution in [2.24, 2.45) is 0 Å². The molecule has 0 aliphatic rings. The maximum atomic E-state index is 13.3. The van der Waals surface area contributed by atoms with Crippen molar-refractivity contribution >= 4 is 11.9 Å². The van der Waals surface area contributed by atoms with E-state index in [1.54, 1.807) is 13.0 Å². The average molecular weight is 329 g/mol. The third-order valence-electron chi connectivity index (χ3n) is 4.09. The van der Waals surface area contributed by atoms with Gasteiger partial charge in [0, 0.05) is 13.5 Å². The second kappa shape index (κ2) is 7.73. The molecule has 0 aliphatic heterocycles. The van der Waals surface area contributed by atoms with E-state index in [4.69, 9.17) is 0 Å². The van der Waals surface area contributed by atoms with E-state index in [1.165, 1.54) is 30.1 Å². The summed E-state index contributed by atoms with van der Waals surface area (Å²) in [7, 11) is 1.47. The number of carboxylic acid groups (broad SMARTS) is 1. The van der Waals surface area contributed by atoms with Gasteiger partial charge in [0.05, 0.1) is 5.92 Å². The van der Waals surface area contributed by atoms with Gasteiger partial charge >= 0.3 is 5.97 Å². The molecule has 0 spiro atoms. The van der Waals surface area contributed by atoms with Gasteiger partial charge in [-0.2, -0.15) is 0 Å². The molecule has 0 aromatic heterocycles. The summed E-state index contributed by atoms with van der Waals surface area (Å²) in [6.07, 6.45) is 0.217. The number of amides is 1. The fraction of sp³-hybridized carbons (Fsp3) is 0.263. The molecule has 0 saturated carbocycles. The SMILES string of the molecule is CC(C(=O)N(C)C(Cc1ccccc1)C(=O)O)c1cccc(F)c1. The molecule has 2 atom stereocenters. The summed E-state index contributed by atoms with van der Waals surface area (Å²) in [5, 5.41) is 9.50. The molecule has 0 aliphatic carbocycles. The third kappa shape index (κ3) is 4.19. The van der Waals surface area contributed by atoms with Gasteiger partial charge in [-0.15, -0.1) is 0 Å². The second-order valence-corrected chi connectivity index (χ2v) is 5.77. The van der Waals surface area contributed by atoms with Crippen LogP contribution in [-0.2, 0) is 16.0 Å². The quantitative estimate of drug-likeness (QED) is 0.886. The summed E-state index contributed by atoms with van der Waals surface area (Å²) < 4.78 is 13.3. The van der Waals surface area contributed by atoms with E-state index >= 15 is 0 Å². The zero-order valence-electron chi connectivity index (χ0n) is 13.6. The van der Waals surface area contributed by atoms with E-state index in [0.717, 1.165) is 5.56 Å². The van der Waals surface area contributed by atoms with Crippen LogP contribution in [0.25, 0.3) is 0 Å². The number of rotatable bonds is 6. The van der Waals surface area contributed by atoms with E-state index in [-0.39, 0.29) is 12.3 Å². The maximum absolute atomic E-state index is 13.3. The lowest BCUT2D eigenvalue weighted by molar-refractivity contribution is -0.149. The normalized spacial score (nSPS) is 13.1. The van der Waals surface area contributed by atoms with Gasteiger partial charge in [0.15, 0.2) is 0 Å². The highest BCUT2D eigenvalue weighted by molar-refractivity contribution is 5.87. The molecule has 0 bridgehead atoms. The fourth-order valence-corrected chi connectivity index (χ4v) is 2.60. The number of benzene rings is 2. The molecular weight excluding hydrogens is 309 g/mol. The van der Waals surface area contributed by atoms with Gasteiger partial charge in [0.2, 0.25) is 5.91 Å². The summed E-state index contributed by atoms with van der Waals surface area (Å²) >= 11 is 0. The summed E-state index contributed by atoms with van der Waals surface area (Å²) in [6.45, 7) is 1.65. The van der Waals surface area contributed by atoms with Crippen molar-refractivity contribution in [3.8, 4) is 0 Å². The van der Waals surface area contributed by atoms with Crippen molar-refractivity contribution < 1.29 is 19.1 Å². The molecule has 0 fully saturated rings. The van der Waals surface area contributed by atoms with Crippen LogP contribution in [0.2, 0.25) is 0 Å². The Balaban J connectivity index is 2.18. The first-order valence-electron chi connectivity index (χ1n) is 7.69. The van der Waals surface area contributed by atoms with Crippen LogP contribution < -0.4 is 0 Å². The van der Waals surface area contributed by atoms with Crippen molar-refractivity contribution in [2.75, 3.05) is 7.05 Å². The predicted octanol–water partition coefficient (Wildman–Crippen LogP) is 3.08. The zero-order chi connectivity index (χ0) is 17.7. The minimum atomic E-state index is -1.07. The summed E-state index contributed by atoms with van der Waals surface area (Å²) in [5.74, 6) is -2.47. The molecule has 2 unspecified atom stereocenters. The Labute approximate surface area is 140 Å². The van der Waals surface area contributed by atoms with Gasteiger partial charge in [-0.1, -0.05) is 42.5 Å². The number of carboxylic acids is 1. The monoisotopic (exact) mass is 329 g/mol. The summed E-state index contributed by atoms with van der Waals surface area (Å²) in [4.78, 5) is 25.5. The van der Waals surface area contributed by atoms with Crippen molar-refractivity contribution in [1.29, 1.82) is 0 Å². The van der Waals surface area contributed by atoms with E-state index in [2.05, 4.69) is 0 Å². The van der Waals surface area contributed by atoms with Crippen LogP contribution in [-0.4, -0.2) is 35.0 Å². The van der Waals surface area contributed by atoms with Crippen molar-refractivity contribution in [3.05, 3.63) is 71.5 Å². The first-order chi connectivity index (χ1) is 11.4. The maximum Gasteiger partial charge on any atom is 0.326 e. The Hall–Kier alpha value is -2.69. The van der Waals surface area contributed by atoms with Crippen LogP contribution in [0, 0.1) is 5.82 Å². The number of halogens is 1. The van der Waals surface area contributed by atoms with Gasteiger partial charge in [-0.05, 0) is 30.2 Å². The van der Waals surface area contributed by atoms with Crippen molar-refractivity contribution in [2.45, 2.75) is 25.3 Å². The molecule has 2 rings (SSSR count). The second-order valence-electron chi connectivity index (χ2n) is 5.77. The summed E-state index contributed by atoms with van der Waals surface area (Å²) in [5.41, 5.74) is 1.36. The van der Waals surface area contributed by atoms with Crippen LogP contribution in [0.15, 0.2) is 54.6 Å². The Kier molecular flexibility index (Phi) is 5.68. The molecule has 4 nitrogen and oxygen atoms in total. The largest absolute Gasteiger partial charge is 0.480 e. The minimum Gasteiger partial charge on any atom is -0.480 e. The van der Waals surface area contributed by atoms with Crippen LogP contribution in [0.3, 0.4) is 0 Å². The van der Waals surface area contributed by atoms with Gasteiger partial charge in [0.25, 0.3) is 0 Å². The lowest BCUT2D eigenvalue weighted by atomic mass is 9.97. The van der Waals surface area contributed by atoms with Gasteiger partial charge in [-0.3, -0.25) is 4.79 Å². The van der Waals surface area contributed by atoms with Crippen molar-refractivity contribution in [1.82, 2.24) is 4.90 Å². The summed E-state index contributed by atoms with van der Waals surface area (Å²) in [6, 6.07) is 14.0. The number of nitrogens with zero attached hydrogens (tertiary/aromatic N) is 1. The molecule has 0 saturated heterocycles. The van der Waals surface area contributed by atoms with Crippen LogP contribution in [0.5, 0.6) is 0 Å². The molecule has 0 heterocycles. The molecule has 2 aromatic carbocycles. The predicted molar refractivity (Wildman–Crippen MR) is 89.2 cm³/mol. The molecule has 126 valence electrons. The van der Waals surface area contributed by atoms with Crippen LogP contribution >= 0.6 is 0 Å². The molecule has 1 amide bonds. The third-order valence-corrected chi connectivity index (χ3v) is 4.09. The highest BCUT2D eigenvalue weighted by Gasteiger charge is 2.30. The minimum absolute atomic E-state index is 0.217. The van der Waals surface area contributed by atoms with Crippen LogP contribution in [0.4, 0.5) is 4.39 Å². The highest BCUT2D eigenvalue weighted by Crippen LogP contribution is 2.20. The molecular formula is C19H20FNO3. The van der Waals surface area contributed by atoms with E-state index in [9.17, 15) is 19.1 Å². The molecule has 2 aromatic rings. The highest BCUT2D eigenvalue weighted by atomic mass is 19.1. The Bertz CT molecular complexity index is 718. The molecule has 5 heteroatoms. The Morgan fingerprint density at radius 2 is 1.79 bits per heavy atom. The standard InChI is InChI=1S/C19H20FNO3/c1-13(15-9-6-10-16(20)12-15)18(22)21(2)17(19(23)24)11-14-7-4-3-5-8-14/h3-10,12-13,17H,11H2,1-2H3,(H,23,24). The fourth-order valence-electron chi connectivity index (χ4n) is 2.60. The molecule has 1 N–H and O–H groups in total. The van der Waals surface area contributed by atoms with E-state index < -0.39 is 23.7 Å². The topological polar surface area (TPSA) is 57.6 Å². The van der Waals surface area contributed by atoms with Gasteiger partial charge in [0.1, 0.15) is 11.9 Å². The number of carbonyl (C=O) groups excluding carboxylic acids is 1. The lowest BCUT2D eigenvalue weighted by Crippen LogP contribution is -2.45. The number of hydrogen-bond acceptors (Lipinski definition) is 2. The first-order valence-corrected chi connectivity index (χ1v) is 7.69. The smallest absolute Gasteiger partial charge is 0.326 e. The van der Waals surface area contributed by atoms with Crippen LogP contribution in [0.1, 0.15) is 24.0 Å². The van der Waals surface area contributed by atoms with Gasteiger partial charge in [-0.25, -0.2) is 9.18 Å². The number of likely N-dealkylation sites (N-methyl/N-ethyl adjacent to an activating group) is 1. The zero-order valence-corrected chi connectivity index (χ0v) is 13.6. The molecule has 0 radical (unpaired) electrons. The Morgan fingerprint density at radius 1 is 1.12 bits per heavy atom. The average Bonchev–Trinajstić information content (AvgIpc) is 2.58. The lowest BCUT2D eigenvalue weighted by Gasteiger charge is -2.28. The number of aliphatic carboxylic acids is 1. The van der Waals surface area contributed by atoms with E-state index in [0.29, 0.717) is 5.56 Å². The van der Waals surface area contributed by atoms with Crippen molar-refractivity contribution in [3.63, 3.8) is 0 Å². The number of carbonyl (C=O) groups is 2. The van der Waals surface area contributed by atoms with Gasteiger partial charge < -0.3 is 10.0 Å². The number of hydrogen-bond donors (Lipinski definition) is 1. The first kappa shape index (κ1) is 17.7.